The molecule has 1 aliphatic rings. The Balaban J connectivity index is 2.26. The topological polar surface area (TPSA) is 140 Å². The van der Waals surface area contributed by atoms with Crippen molar-refractivity contribution in [3.8, 4) is 0 Å². The summed E-state index contributed by atoms with van der Waals surface area (Å²) >= 11 is 0. The lowest BCUT2D eigenvalue weighted by Gasteiger charge is -2.33. The number of benzene rings is 1. The van der Waals surface area contributed by atoms with E-state index in [-0.39, 0.29) is 18.0 Å². The number of aliphatic hydroxyl groups excluding tert-OH is 1. The van der Waals surface area contributed by atoms with Crippen LogP contribution in [0.3, 0.4) is 0 Å². The minimum atomic E-state index is -1.21. The van der Waals surface area contributed by atoms with Gasteiger partial charge < -0.3 is 15.5 Å². The van der Waals surface area contributed by atoms with E-state index in [0.717, 1.165) is 37.5 Å². The van der Waals surface area contributed by atoms with Gasteiger partial charge in [0.05, 0.1) is 18.4 Å². The second-order valence-corrected chi connectivity index (χ2v) is 6.01. The average molecular weight is 326 g/mol. The van der Waals surface area contributed by atoms with Crippen molar-refractivity contribution >= 4 is 22.8 Å². The van der Waals surface area contributed by atoms with Crippen LogP contribution in [-0.4, -0.2) is 27.8 Å². The number of nitrogens with zero attached hydrogens (tertiary/aromatic N) is 1. The van der Waals surface area contributed by atoms with Crippen LogP contribution in [0.2, 0.25) is 0 Å². The molecule has 0 saturated heterocycles. The molecule has 9 heteroatoms. The van der Waals surface area contributed by atoms with Crippen molar-refractivity contribution in [1.29, 1.82) is 0 Å². The van der Waals surface area contributed by atoms with Crippen LogP contribution in [0.1, 0.15) is 32.6 Å². The van der Waals surface area contributed by atoms with Gasteiger partial charge in [-0.1, -0.05) is 13.3 Å². The fraction of sp³-hybridized carbons (Fsp3) is 0.500. The van der Waals surface area contributed by atoms with Crippen molar-refractivity contribution in [2.45, 2.75) is 32.6 Å². The smallest absolute Gasteiger partial charge is 0.172 e. The second-order valence-electron chi connectivity index (χ2n) is 6.01. The number of rotatable bonds is 5. The molecule has 1 aromatic carbocycles. The first-order valence-corrected chi connectivity index (χ1v) is 7.41. The van der Waals surface area contributed by atoms with Gasteiger partial charge >= 0.3 is 0 Å². The Morgan fingerprint density at radius 3 is 2.30 bits per heavy atom. The van der Waals surface area contributed by atoms with E-state index < -0.39 is 15.9 Å². The van der Waals surface area contributed by atoms with E-state index >= 15 is 0 Å². The molecule has 23 heavy (non-hydrogen) atoms. The van der Waals surface area contributed by atoms with E-state index in [1.165, 1.54) is 12.1 Å². The Labute approximate surface area is 133 Å². The summed E-state index contributed by atoms with van der Waals surface area (Å²) in [7, 11) is 0. The highest BCUT2D eigenvalue weighted by molar-refractivity contribution is 5.91. The molecule has 0 spiro atoms. The van der Waals surface area contributed by atoms with E-state index in [1.807, 2.05) is 6.92 Å². The summed E-state index contributed by atoms with van der Waals surface area (Å²) in [6, 6.07) is 3.76. The average Bonchev–Trinajstić information content (AvgIpc) is 2.53. The highest BCUT2D eigenvalue weighted by Crippen LogP contribution is 2.33. The van der Waals surface area contributed by atoms with Crippen molar-refractivity contribution < 1.29 is 26.0 Å². The maximum Gasteiger partial charge on any atom is 0.172 e. The van der Waals surface area contributed by atoms with Gasteiger partial charge in [-0.25, -0.2) is 10.4 Å². The fourth-order valence-electron chi connectivity index (χ4n) is 2.69. The third-order valence-corrected chi connectivity index (χ3v) is 4.18. The minimum Gasteiger partial charge on any atom is -0.595 e. The lowest BCUT2D eigenvalue weighted by Crippen LogP contribution is -3.00. The van der Waals surface area contributed by atoms with Crippen LogP contribution in [0.15, 0.2) is 23.3 Å². The first-order chi connectivity index (χ1) is 10.9. The summed E-state index contributed by atoms with van der Waals surface area (Å²) in [5, 5.41) is 51.8. The molecule has 3 atom stereocenters. The van der Waals surface area contributed by atoms with Gasteiger partial charge in [0.25, 0.3) is 0 Å². The van der Waals surface area contributed by atoms with Crippen LogP contribution in [0.25, 0.3) is 0 Å². The van der Waals surface area contributed by atoms with E-state index in [9.17, 15) is 15.5 Å². The zero-order valence-electron chi connectivity index (χ0n) is 12.9. The lowest BCUT2D eigenvalue weighted by atomic mass is 9.75. The fourth-order valence-corrected chi connectivity index (χ4v) is 2.69. The van der Waals surface area contributed by atoms with Gasteiger partial charge in [0.1, 0.15) is 0 Å². The summed E-state index contributed by atoms with van der Waals surface area (Å²) in [4.78, 5) is 0. The number of nitrogens with one attached hydrogen (secondary N) is 3. The summed E-state index contributed by atoms with van der Waals surface area (Å²) in [6.07, 6.45) is 3.58. The number of aliphatic hydroxyl groups is 1. The maximum absolute atomic E-state index is 11.1. The molecular formula is C14H22N4O5. The van der Waals surface area contributed by atoms with Crippen LogP contribution >= 0.6 is 0 Å². The molecule has 128 valence electrons. The molecule has 1 saturated carbocycles. The molecule has 2 rings (SSSR count). The van der Waals surface area contributed by atoms with Crippen LogP contribution in [-0.2, 0) is 0 Å². The molecule has 0 aliphatic heterocycles. The van der Waals surface area contributed by atoms with E-state index in [0.29, 0.717) is 5.69 Å². The highest BCUT2D eigenvalue weighted by Gasteiger charge is 2.32. The van der Waals surface area contributed by atoms with Crippen molar-refractivity contribution in [3.63, 3.8) is 0 Å². The molecule has 0 radical (unpaired) electrons. The van der Waals surface area contributed by atoms with Gasteiger partial charge in [0.15, 0.2) is 11.4 Å². The second kappa shape index (κ2) is 7.32. The molecular weight excluding hydrogens is 304 g/mol. The number of quaternary nitrogens is 2. The van der Waals surface area contributed by atoms with Gasteiger partial charge in [-0.05, 0) is 19.3 Å². The summed E-state index contributed by atoms with van der Waals surface area (Å²) < 4.78 is 0. The quantitative estimate of drug-likeness (QED) is 0.415. The van der Waals surface area contributed by atoms with Crippen LogP contribution in [0.5, 0.6) is 0 Å². The molecule has 0 amide bonds. The number of hydrogen-bond donors (Lipinski definition) is 6. The molecule has 1 aliphatic carbocycles. The molecule has 1 aromatic rings. The Bertz CT molecular complexity index is 552. The summed E-state index contributed by atoms with van der Waals surface area (Å²) in [6.45, 7) is 1.92. The third kappa shape index (κ3) is 4.24. The first-order valence-electron chi connectivity index (χ1n) is 7.41. The van der Waals surface area contributed by atoms with Crippen molar-refractivity contribution in [2.75, 3.05) is 12.0 Å². The molecule has 0 heterocycles. The van der Waals surface area contributed by atoms with Gasteiger partial charge in [0.2, 0.25) is 0 Å². The molecule has 6 N–H and O–H groups in total. The van der Waals surface area contributed by atoms with Gasteiger partial charge in [-0.15, -0.1) is 0 Å². The predicted octanol–water partition coefficient (Wildman–Crippen LogP) is -0.166. The molecule has 0 bridgehead atoms. The van der Waals surface area contributed by atoms with Crippen LogP contribution in [0.4, 0.5) is 17.1 Å². The first kappa shape index (κ1) is 17.8. The largest absolute Gasteiger partial charge is 0.595 e. The maximum atomic E-state index is 11.1. The van der Waals surface area contributed by atoms with Crippen molar-refractivity contribution in [1.82, 2.24) is 0 Å². The number of hydrogen-bond acceptors (Lipinski definition) is 7. The van der Waals surface area contributed by atoms with Gasteiger partial charge in [0, 0.05) is 23.3 Å². The highest BCUT2D eigenvalue weighted by atomic mass is 16.8. The van der Waals surface area contributed by atoms with Crippen LogP contribution < -0.4 is 15.9 Å². The SMILES string of the molecule is CC1(CO)CCCC/C1=N\Nc1cc([NH+]([O-])O)cc([NH+]([O-])O)c1. The standard InChI is InChI=1S/C14H22N4O5/c1-14(9-19)5-3-2-4-13(14)16-15-10-6-11(17(20)21)8-12(7-10)18(22)23/h6-8,15,17-20,22H,2-5,9H2,1H3/b16-13+. The van der Waals surface area contributed by atoms with Gasteiger partial charge in [-0.3, -0.25) is 5.43 Å². The van der Waals surface area contributed by atoms with Gasteiger partial charge in [-0.2, -0.15) is 15.6 Å². The molecule has 0 aromatic heterocycles. The van der Waals surface area contributed by atoms with E-state index in [1.54, 1.807) is 0 Å². The lowest BCUT2D eigenvalue weighted by molar-refractivity contribution is -0.996. The monoisotopic (exact) mass is 326 g/mol. The number of anilines is 1. The summed E-state index contributed by atoms with van der Waals surface area (Å²) in [5.41, 5.74) is 3.20. The van der Waals surface area contributed by atoms with Crippen LogP contribution in [0, 0.1) is 15.8 Å². The Morgan fingerprint density at radius 2 is 1.78 bits per heavy atom. The number of hydrazone groups is 1. The molecule has 3 unspecified atom stereocenters. The molecule has 1 fully saturated rings. The normalized spacial score (nSPS) is 26.1. The summed E-state index contributed by atoms with van der Waals surface area (Å²) in [5.74, 6) is 0. The Kier molecular flexibility index (Phi) is 5.65. The van der Waals surface area contributed by atoms with Crippen molar-refractivity contribution in [3.05, 3.63) is 28.6 Å². The van der Waals surface area contributed by atoms with E-state index in [4.69, 9.17) is 10.4 Å². The zero-order chi connectivity index (χ0) is 17.0. The minimum absolute atomic E-state index is 0.0109. The zero-order valence-corrected chi connectivity index (χ0v) is 12.9. The predicted molar refractivity (Wildman–Crippen MR) is 82.7 cm³/mol. The Hall–Kier alpha value is -1.59. The Morgan fingerprint density at radius 1 is 1.17 bits per heavy atom. The van der Waals surface area contributed by atoms with Crippen molar-refractivity contribution in [2.24, 2.45) is 10.5 Å². The van der Waals surface area contributed by atoms with E-state index in [2.05, 4.69) is 10.5 Å². The third-order valence-electron chi connectivity index (χ3n) is 4.18. The molecule has 9 nitrogen and oxygen atoms in total.